The third-order valence-electron chi connectivity index (χ3n) is 2.85. The van der Waals surface area contributed by atoms with Crippen molar-refractivity contribution in [3.05, 3.63) is 12.2 Å². The van der Waals surface area contributed by atoms with E-state index >= 15 is 0 Å². The number of aliphatic imine (C=N–C) groups is 1. The average Bonchev–Trinajstić information content (AvgIpc) is 2.51. The first-order chi connectivity index (χ1) is 9.72. The lowest BCUT2D eigenvalue weighted by atomic mass is 10.1. The van der Waals surface area contributed by atoms with E-state index < -0.39 is 0 Å². The Morgan fingerprint density at radius 3 is 2.15 bits per heavy atom. The highest BCUT2D eigenvalue weighted by Crippen LogP contribution is 2.07. The lowest BCUT2D eigenvalue weighted by Gasteiger charge is -2.22. The summed E-state index contributed by atoms with van der Waals surface area (Å²) in [5.41, 5.74) is 0. The monoisotopic (exact) mass is 284 g/mol. The molecular weight excluding hydrogens is 244 g/mol. The molecule has 0 bridgehead atoms. The Morgan fingerprint density at radius 1 is 1.05 bits per heavy atom. The van der Waals surface area contributed by atoms with Gasteiger partial charge in [0.2, 0.25) is 0 Å². The van der Waals surface area contributed by atoms with Crippen LogP contribution in [-0.2, 0) is 0 Å². The first-order valence-corrected chi connectivity index (χ1v) is 8.57. The standard InChI is InChI=1S/C14H28N2.2C2H6/c1-5-7-9-11-14(3)16(4)13-15-12-10-8-6-2;2*1-2/h8,10,12,14H,5-7,9,11,13H2,1-4H3;2*1-2H3/b10-8+,15-12-;;. The first kappa shape index (κ1) is 24.4. The SMILES string of the molecule is CC.CC.CC/C=C/C=N\CN(C)C(C)CCCCC. The van der Waals surface area contributed by atoms with Crippen molar-refractivity contribution < 1.29 is 0 Å². The van der Waals surface area contributed by atoms with Crippen LogP contribution in [0.1, 0.15) is 80.6 Å². The molecule has 2 heteroatoms. The number of hydrogen-bond donors (Lipinski definition) is 0. The van der Waals surface area contributed by atoms with Gasteiger partial charge in [0.15, 0.2) is 0 Å². The maximum absolute atomic E-state index is 4.37. The minimum Gasteiger partial charge on any atom is -0.285 e. The van der Waals surface area contributed by atoms with Gasteiger partial charge in [0.05, 0.1) is 6.67 Å². The Bertz CT molecular complexity index is 198. The zero-order valence-electron chi connectivity index (χ0n) is 15.4. The maximum Gasteiger partial charge on any atom is 0.0909 e. The third kappa shape index (κ3) is 19.7. The van der Waals surface area contributed by atoms with Gasteiger partial charge in [-0.3, -0.25) is 9.89 Å². The highest BCUT2D eigenvalue weighted by Gasteiger charge is 2.06. The molecule has 20 heavy (non-hydrogen) atoms. The second-order valence-corrected chi connectivity index (χ2v) is 4.41. The zero-order chi connectivity index (χ0) is 16.2. The van der Waals surface area contributed by atoms with Crippen LogP contribution in [0.5, 0.6) is 0 Å². The molecule has 0 spiro atoms. The molecule has 0 fully saturated rings. The molecule has 0 saturated carbocycles. The molecule has 0 N–H and O–H groups in total. The Labute approximate surface area is 129 Å². The molecule has 0 aliphatic heterocycles. The first-order valence-electron chi connectivity index (χ1n) is 8.57. The number of rotatable bonds is 9. The van der Waals surface area contributed by atoms with Crippen molar-refractivity contribution in [3.63, 3.8) is 0 Å². The Balaban J connectivity index is -0.000000656. The van der Waals surface area contributed by atoms with Gasteiger partial charge in [-0.1, -0.05) is 66.9 Å². The number of unbranched alkanes of at least 4 members (excludes halogenated alkanes) is 2. The van der Waals surface area contributed by atoms with Crippen molar-refractivity contribution in [1.82, 2.24) is 4.90 Å². The van der Waals surface area contributed by atoms with Gasteiger partial charge in [-0.25, -0.2) is 0 Å². The molecule has 1 unspecified atom stereocenters. The van der Waals surface area contributed by atoms with Crippen LogP contribution in [-0.4, -0.2) is 30.9 Å². The Kier molecular flexibility index (Phi) is 28.6. The van der Waals surface area contributed by atoms with Gasteiger partial charge in [0.1, 0.15) is 0 Å². The molecule has 0 aliphatic rings. The molecule has 0 rings (SSSR count). The van der Waals surface area contributed by atoms with E-state index in [4.69, 9.17) is 0 Å². The zero-order valence-corrected chi connectivity index (χ0v) is 15.4. The van der Waals surface area contributed by atoms with Gasteiger partial charge < -0.3 is 0 Å². The maximum atomic E-state index is 4.37. The summed E-state index contributed by atoms with van der Waals surface area (Å²) in [6.45, 7) is 15.5. The van der Waals surface area contributed by atoms with Crippen LogP contribution in [0.3, 0.4) is 0 Å². The molecule has 0 amide bonds. The Morgan fingerprint density at radius 2 is 1.65 bits per heavy atom. The fourth-order valence-electron chi connectivity index (χ4n) is 1.48. The van der Waals surface area contributed by atoms with E-state index in [2.05, 4.69) is 43.8 Å². The van der Waals surface area contributed by atoms with Crippen LogP contribution in [0.15, 0.2) is 17.1 Å². The van der Waals surface area contributed by atoms with Gasteiger partial charge in [-0.2, -0.15) is 0 Å². The Hall–Kier alpha value is -0.630. The summed E-state index contributed by atoms with van der Waals surface area (Å²) >= 11 is 0. The second kappa shape index (κ2) is 23.5. The fourth-order valence-corrected chi connectivity index (χ4v) is 1.48. The van der Waals surface area contributed by atoms with Crippen molar-refractivity contribution in [3.8, 4) is 0 Å². The summed E-state index contributed by atoms with van der Waals surface area (Å²) < 4.78 is 0. The molecule has 0 aromatic rings. The molecule has 0 aromatic heterocycles. The molecular formula is C18H40N2. The van der Waals surface area contributed by atoms with E-state index in [9.17, 15) is 0 Å². The normalized spacial score (nSPS) is 12.1. The van der Waals surface area contributed by atoms with E-state index in [1.165, 1.54) is 25.7 Å². The van der Waals surface area contributed by atoms with Crippen LogP contribution in [0.2, 0.25) is 0 Å². The number of hydrogen-bond acceptors (Lipinski definition) is 2. The third-order valence-corrected chi connectivity index (χ3v) is 2.85. The van der Waals surface area contributed by atoms with Crippen LogP contribution < -0.4 is 0 Å². The molecule has 0 aliphatic carbocycles. The van der Waals surface area contributed by atoms with Crippen molar-refractivity contribution >= 4 is 6.21 Å². The van der Waals surface area contributed by atoms with E-state index in [1.54, 1.807) is 0 Å². The number of nitrogens with zero attached hydrogens (tertiary/aromatic N) is 2. The van der Waals surface area contributed by atoms with E-state index in [0.717, 1.165) is 13.1 Å². The van der Waals surface area contributed by atoms with Crippen LogP contribution in [0.25, 0.3) is 0 Å². The fraction of sp³-hybridized carbons (Fsp3) is 0.833. The van der Waals surface area contributed by atoms with E-state index in [-0.39, 0.29) is 0 Å². The largest absolute Gasteiger partial charge is 0.285 e. The summed E-state index contributed by atoms with van der Waals surface area (Å²) in [5, 5.41) is 0. The average molecular weight is 285 g/mol. The highest BCUT2D eigenvalue weighted by atomic mass is 15.2. The van der Waals surface area contributed by atoms with Crippen LogP contribution >= 0.6 is 0 Å². The summed E-state index contributed by atoms with van der Waals surface area (Å²) in [5.74, 6) is 0. The summed E-state index contributed by atoms with van der Waals surface area (Å²) in [6.07, 6.45) is 12.4. The minimum absolute atomic E-state index is 0.638. The smallest absolute Gasteiger partial charge is 0.0909 e. The van der Waals surface area contributed by atoms with Gasteiger partial charge in [0.25, 0.3) is 0 Å². The van der Waals surface area contributed by atoms with E-state index in [1.807, 2.05) is 40.0 Å². The minimum atomic E-state index is 0.638. The predicted octanol–water partition coefficient (Wildman–Crippen LogP) is 5.93. The van der Waals surface area contributed by atoms with Crippen molar-refractivity contribution in [2.75, 3.05) is 13.7 Å². The van der Waals surface area contributed by atoms with Crippen molar-refractivity contribution in [2.45, 2.75) is 86.6 Å². The van der Waals surface area contributed by atoms with Gasteiger partial charge >= 0.3 is 0 Å². The van der Waals surface area contributed by atoms with Crippen molar-refractivity contribution in [2.24, 2.45) is 4.99 Å². The summed E-state index contributed by atoms with van der Waals surface area (Å²) in [7, 11) is 2.15. The molecule has 0 heterocycles. The second-order valence-electron chi connectivity index (χ2n) is 4.41. The summed E-state index contributed by atoms with van der Waals surface area (Å²) in [4.78, 5) is 6.68. The topological polar surface area (TPSA) is 15.6 Å². The lowest BCUT2D eigenvalue weighted by Crippen LogP contribution is -2.29. The molecule has 0 radical (unpaired) electrons. The molecule has 0 aromatic carbocycles. The highest BCUT2D eigenvalue weighted by molar-refractivity contribution is 5.70. The molecule has 0 saturated heterocycles. The van der Waals surface area contributed by atoms with Gasteiger partial charge in [-0.05, 0) is 32.9 Å². The van der Waals surface area contributed by atoms with Gasteiger partial charge in [-0.15, -0.1) is 0 Å². The molecule has 122 valence electrons. The lowest BCUT2D eigenvalue weighted by molar-refractivity contribution is 0.249. The van der Waals surface area contributed by atoms with E-state index in [0.29, 0.717) is 6.04 Å². The van der Waals surface area contributed by atoms with Crippen LogP contribution in [0, 0.1) is 0 Å². The van der Waals surface area contributed by atoms with Gasteiger partial charge in [0, 0.05) is 12.3 Å². The quantitative estimate of drug-likeness (QED) is 0.378. The predicted molar refractivity (Wildman–Crippen MR) is 96.9 cm³/mol. The van der Waals surface area contributed by atoms with Crippen molar-refractivity contribution in [1.29, 1.82) is 0 Å². The molecule has 1 atom stereocenters. The van der Waals surface area contributed by atoms with Crippen LogP contribution in [0.4, 0.5) is 0 Å². The molecule has 2 nitrogen and oxygen atoms in total. The number of allylic oxidation sites excluding steroid dienone is 2. The summed E-state index contributed by atoms with van der Waals surface area (Å²) in [6, 6.07) is 0.638.